The SMILES string of the molecule is Cc1nc(C)c(C(=O)Cc2nccn2C)s1. The summed E-state index contributed by atoms with van der Waals surface area (Å²) in [7, 11) is 1.89. The summed E-state index contributed by atoms with van der Waals surface area (Å²) in [5.41, 5.74) is 0.821. The van der Waals surface area contributed by atoms with E-state index in [2.05, 4.69) is 9.97 Å². The summed E-state index contributed by atoms with van der Waals surface area (Å²) in [5.74, 6) is 0.882. The third kappa shape index (κ3) is 2.04. The van der Waals surface area contributed by atoms with E-state index in [4.69, 9.17) is 0 Å². The fourth-order valence-corrected chi connectivity index (χ4v) is 2.44. The molecule has 0 atom stereocenters. The predicted octanol–water partition coefficient (Wildman–Crippen LogP) is 1.92. The lowest BCUT2D eigenvalue weighted by molar-refractivity contribution is 0.0993. The molecule has 0 radical (unpaired) electrons. The van der Waals surface area contributed by atoms with E-state index in [1.165, 1.54) is 11.3 Å². The van der Waals surface area contributed by atoms with Crippen molar-refractivity contribution in [3.05, 3.63) is 33.8 Å². The van der Waals surface area contributed by atoms with Crippen molar-refractivity contribution in [2.75, 3.05) is 0 Å². The maximum absolute atomic E-state index is 12.0. The van der Waals surface area contributed by atoms with Gasteiger partial charge >= 0.3 is 0 Å². The molecule has 0 aromatic carbocycles. The average Bonchev–Trinajstić information content (AvgIpc) is 2.74. The number of hydrogen-bond acceptors (Lipinski definition) is 4. The van der Waals surface area contributed by atoms with Crippen LogP contribution in [0.25, 0.3) is 0 Å². The molecule has 4 nitrogen and oxygen atoms in total. The lowest BCUT2D eigenvalue weighted by Gasteiger charge is -1.99. The van der Waals surface area contributed by atoms with Gasteiger partial charge in [0.1, 0.15) is 5.82 Å². The van der Waals surface area contributed by atoms with E-state index in [1.54, 1.807) is 6.20 Å². The van der Waals surface area contributed by atoms with Crippen LogP contribution in [0.1, 0.15) is 26.2 Å². The normalized spacial score (nSPS) is 10.7. The first-order chi connectivity index (χ1) is 7.58. The maximum atomic E-state index is 12.0. The van der Waals surface area contributed by atoms with Crippen LogP contribution in [0.3, 0.4) is 0 Å². The molecular formula is C11H13N3OS. The first-order valence-electron chi connectivity index (χ1n) is 5.01. The van der Waals surface area contributed by atoms with Gasteiger partial charge in [-0.15, -0.1) is 11.3 Å². The van der Waals surface area contributed by atoms with Crippen LogP contribution in [-0.4, -0.2) is 20.3 Å². The first-order valence-corrected chi connectivity index (χ1v) is 5.83. The third-order valence-corrected chi connectivity index (χ3v) is 3.51. The fourth-order valence-electron chi connectivity index (χ4n) is 1.58. The van der Waals surface area contributed by atoms with Crippen molar-refractivity contribution in [1.82, 2.24) is 14.5 Å². The molecule has 0 spiro atoms. The zero-order valence-corrected chi connectivity index (χ0v) is 10.3. The molecule has 2 aromatic heterocycles. The van der Waals surface area contributed by atoms with Crippen LogP contribution in [-0.2, 0) is 13.5 Å². The minimum atomic E-state index is 0.0948. The molecule has 0 bridgehead atoms. The minimum absolute atomic E-state index is 0.0948. The van der Waals surface area contributed by atoms with Gasteiger partial charge in [0.05, 0.1) is 22.0 Å². The van der Waals surface area contributed by atoms with E-state index in [-0.39, 0.29) is 5.78 Å². The number of carbonyl (C=O) groups excluding carboxylic acids is 1. The maximum Gasteiger partial charge on any atom is 0.182 e. The number of rotatable bonds is 3. The Morgan fingerprint density at radius 2 is 2.25 bits per heavy atom. The van der Waals surface area contributed by atoms with Gasteiger partial charge in [-0.3, -0.25) is 4.79 Å². The average molecular weight is 235 g/mol. The Labute approximate surface area is 98.0 Å². The van der Waals surface area contributed by atoms with Crippen molar-refractivity contribution in [2.45, 2.75) is 20.3 Å². The molecule has 0 saturated heterocycles. The fraction of sp³-hybridized carbons (Fsp3) is 0.364. The third-order valence-electron chi connectivity index (χ3n) is 2.40. The lowest BCUT2D eigenvalue weighted by Crippen LogP contribution is -2.07. The van der Waals surface area contributed by atoms with Crippen LogP contribution in [0.5, 0.6) is 0 Å². The van der Waals surface area contributed by atoms with Crippen LogP contribution in [0.15, 0.2) is 12.4 Å². The summed E-state index contributed by atoms with van der Waals surface area (Å²) in [4.78, 5) is 21.2. The van der Waals surface area contributed by atoms with Crippen LogP contribution in [0.4, 0.5) is 0 Å². The molecule has 84 valence electrons. The summed E-state index contributed by atoms with van der Waals surface area (Å²) in [6, 6.07) is 0. The second-order valence-corrected chi connectivity index (χ2v) is 4.90. The van der Waals surface area contributed by atoms with E-state index >= 15 is 0 Å². The summed E-state index contributed by atoms with van der Waals surface area (Å²) in [5, 5.41) is 0.931. The van der Waals surface area contributed by atoms with E-state index in [0.29, 0.717) is 6.42 Å². The molecule has 0 N–H and O–H groups in total. The summed E-state index contributed by atoms with van der Waals surface area (Å²) < 4.78 is 1.86. The number of hydrogen-bond donors (Lipinski definition) is 0. The second kappa shape index (κ2) is 4.17. The number of nitrogens with zero attached hydrogens (tertiary/aromatic N) is 3. The Bertz CT molecular complexity index is 527. The Balaban J connectivity index is 2.21. The van der Waals surface area contributed by atoms with Crippen molar-refractivity contribution < 1.29 is 4.79 Å². The molecule has 0 fully saturated rings. The predicted molar refractivity (Wildman–Crippen MR) is 62.8 cm³/mol. The number of carbonyl (C=O) groups is 1. The topological polar surface area (TPSA) is 47.8 Å². The Morgan fingerprint density at radius 1 is 1.50 bits per heavy atom. The molecule has 16 heavy (non-hydrogen) atoms. The molecule has 2 rings (SSSR count). The van der Waals surface area contributed by atoms with Gasteiger partial charge in [0.25, 0.3) is 0 Å². The largest absolute Gasteiger partial charge is 0.338 e. The van der Waals surface area contributed by atoms with Gasteiger partial charge in [-0.2, -0.15) is 0 Å². The van der Waals surface area contributed by atoms with Gasteiger partial charge in [-0.25, -0.2) is 9.97 Å². The van der Waals surface area contributed by atoms with Crippen LogP contribution >= 0.6 is 11.3 Å². The molecular weight excluding hydrogens is 222 g/mol. The molecule has 2 heterocycles. The number of aromatic nitrogens is 3. The number of ketones is 1. The first kappa shape index (κ1) is 11.0. The summed E-state index contributed by atoms with van der Waals surface area (Å²) >= 11 is 1.45. The summed E-state index contributed by atoms with van der Waals surface area (Å²) in [6.45, 7) is 3.78. The molecule has 2 aromatic rings. The molecule has 0 aliphatic heterocycles. The van der Waals surface area contributed by atoms with E-state index in [9.17, 15) is 4.79 Å². The van der Waals surface area contributed by atoms with Gasteiger partial charge in [0.2, 0.25) is 0 Å². The van der Waals surface area contributed by atoms with Gasteiger partial charge in [0.15, 0.2) is 5.78 Å². The van der Waals surface area contributed by atoms with Crippen molar-refractivity contribution in [2.24, 2.45) is 7.05 Å². The molecule has 0 unspecified atom stereocenters. The number of imidazole rings is 1. The molecule has 0 amide bonds. The van der Waals surface area contributed by atoms with Crippen LogP contribution in [0.2, 0.25) is 0 Å². The van der Waals surface area contributed by atoms with Crippen molar-refractivity contribution in [1.29, 1.82) is 0 Å². The molecule has 0 saturated carbocycles. The van der Waals surface area contributed by atoms with E-state index in [1.807, 2.05) is 31.7 Å². The molecule has 5 heteroatoms. The Hall–Kier alpha value is -1.49. The highest BCUT2D eigenvalue weighted by Gasteiger charge is 2.15. The van der Waals surface area contributed by atoms with Gasteiger partial charge < -0.3 is 4.57 Å². The van der Waals surface area contributed by atoms with E-state index < -0.39 is 0 Å². The van der Waals surface area contributed by atoms with Gasteiger partial charge in [-0.1, -0.05) is 0 Å². The second-order valence-electron chi connectivity index (χ2n) is 3.70. The van der Waals surface area contributed by atoms with Crippen molar-refractivity contribution in [3.63, 3.8) is 0 Å². The standard InChI is InChI=1S/C11H13N3OS/c1-7-11(16-8(2)13-7)9(15)6-10-12-4-5-14(10)3/h4-5H,6H2,1-3H3. The smallest absolute Gasteiger partial charge is 0.182 e. The highest BCUT2D eigenvalue weighted by atomic mass is 32.1. The Kier molecular flexibility index (Phi) is 2.87. The van der Waals surface area contributed by atoms with Crippen LogP contribution in [0, 0.1) is 13.8 Å². The minimum Gasteiger partial charge on any atom is -0.338 e. The van der Waals surface area contributed by atoms with Gasteiger partial charge in [0, 0.05) is 19.4 Å². The molecule has 0 aliphatic rings. The zero-order valence-electron chi connectivity index (χ0n) is 9.52. The number of aryl methyl sites for hydroxylation is 3. The van der Waals surface area contributed by atoms with Gasteiger partial charge in [-0.05, 0) is 13.8 Å². The number of Topliss-reactive ketones (excluding diaryl/α,β-unsaturated/α-hetero) is 1. The van der Waals surface area contributed by atoms with Crippen molar-refractivity contribution in [3.8, 4) is 0 Å². The Morgan fingerprint density at radius 3 is 2.75 bits per heavy atom. The lowest BCUT2D eigenvalue weighted by atomic mass is 10.2. The molecule has 0 aliphatic carbocycles. The quantitative estimate of drug-likeness (QED) is 0.764. The monoisotopic (exact) mass is 235 g/mol. The van der Waals surface area contributed by atoms with E-state index in [0.717, 1.165) is 21.4 Å². The zero-order chi connectivity index (χ0) is 11.7. The summed E-state index contributed by atoms with van der Waals surface area (Å²) in [6.07, 6.45) is 3.88. The van der Waals surface area contributed by atoms with Crippen molar-refractivity contribution >= 4 is 17.1 Å². The highest BCUT2D eigenvalue weighted by molar-refractivity contribution is 7.13. The van der Waals surface area contributed by atoms with Crippen LogP contribution < -0.4 is 0 Å². The number of thiazole rings is 1. The highest BCUT2D eigenvalue weighted by Crippen LogP contribution is 2.19.